The lowest BCUT2D eigenvalue weighted by Crippen LogP contribution is -2.27. The van der Waals surface area contributed by atoms with Crippen molar-refractivity contribution in [3.05, 3.63) is 79.1 Å². The Morgan fingerprint density at radius 3 is 2.39 bits per heavy atom. The standard InChI is InChI=1S/C23H21N5O2S/c1-27(18-6-4-3-5-7-18)21(29)16-31-23-26-25-22(17-12-14-24-15-13-17)28(23)19-8-10-20(30-2)11-9-19/h3-15H,16H2,1-2H3. The van der Waals surface area contributed by atoms with Gasteiger partial charge in [-0.15, -0.1) is 10.2 Å². The van der Waals surface area contributed by atoms with Crippen LogP contribution in [0.2, 0.25) is 0 Å². The van der Waals surface area contributed by atoms with Crippen molar-refractivity contribution >= 4 is 23.4 Å². The SMILES string of the molecule is COc1ccc(-n2c(SCC(=O)N(C)c3ccccc3)nnc2-c2ccncc2)cc1. The van der Waals surface area contributed by atoms with Crippen molar-refractivity contribution in [2.45, 2.75) is 5.16 Å². The van der Waals surface area contributed by atoms with E-state index in [4.69, 9.17) is 4.74 Å². The molecule has 0 aliphatic heterocycles. The van der Waals surface area contributed by atoms with E-state index in [1.165, 1.54) is 11.8 Å². The molecule has 4 rings (SSSR count). The molecule has 0 spiro atoms. The Hall–Kier alpha value is -3.65. The largest absolute Gasteiger partial charge is 0.497 e. The molecule has 31 heavy (non-hydrogen) atoms. The number of hydrogen-bond donors (Lipinski definition) is 0. The second-order valence-corrected chi connectivity index (χ2v) is 7.59. The number of pyridine rings is 1. The van der Waals surface area contributed by atoms with E-state index in [9.17, 15) is 4.79 Å². The molecule has 156 valence electrons. The average molecular weight is 432 g/mol. The summed E-state index contributed by atoms with van der Waals surface area (Å²) in [6, 6.07) is 21.0. The summed E-state index contributed by atoms with van der Waals surface area (Å²) in [5.41, 5.74) is 2.61. The van der Waals surface area contributed by atoms with Crippen molar-refractivity contribution in [1.82, 2.24) is 19.7 Å². The number of amides is 1. The van der Waals surface area contributed by atoms with Crippen LogP contribution in [-0.4, -0.2) is 45.6 Å². The van der Waals surface area contributed by atoms with Gasteiger partial charge < -0.3 is 9.64 Å². The van der Waals surface area contributed by atoms with E-state index in [2.05, 4.69) is 15.2 Å². The van der Waals surface area contributed by atoms with E-state index in [-0.39, 0.29) is 11.7 Å². The van der Waals surface area contributed by atoms with Gasteiger partial charge in [0.15, 0.2) is 11.0 Å². The van der Waals surface area contributed by atoms with E-state index < -0.39 is 0 Å². The minimum Gasteiger partial charge on any atom is -0.497 e. The predicted molar refractivity (Wildman–Crippen MR) is 122 cm³/mol. The molecule has 0 fully saturated rings. The third kappa shape index (κ3) is 4.59. The zero-order valence-corrected chi connectivity index (χ0v) is 18.0. The number of thioether (sulfide) groups is 1. The van der Waals surface area contributed by atoms with Crippen molar-refractivity contribution in [2.75, 3.05) is 24.8 Å². The lowest BCUT2D eigenvalue weighted by molar-refractivity contribution is -0.115. The Bertz CT molecular complexity index is 1150. The average Bonchev–Trinajstić information content (AvgIpc) is 3.27. The predicted octanol–water partition coefficient (Wildman–Crippen LogP) is 4.09. The number of benzene rings is 2. The number of nitrogens with zero attached hydrogens (tertiary/aromatic N) is 5. The van der Waals surface area contributed by atoms with Crippen molar-refractivity contribution in [3.63, 3.8) is 0 Å². The molecule has 0 saturated heterocycles. The van der Waals surface area contributed by atoms with E-state index >= 15 is 0 Å². The fourth-order valence-corrected chi connectivity index (χ4v) is 3.90. The zero-order chi connectivity index (χ0) is 21.6. The van der Waals surface area contributed by atoms with Gasteiger partial charge >= 0.3 is 0 Å². The Labute approximate surface area is 184 Å². The quantitative estimate of drug-likeness (QED) is 0.410. The van der Waals surface area contributed by atoms with Gasteiger partial charge in [-0.3, -0.25) is 14.3 Å². The summed E-state index contributed by atoms with van der Waals surface area (Å²) in [5.74, 6) is 1.65. The Morgan fingerprint density at radius 1 is 1.00 bits per heavy atom. The first-order valence-corrected chi connectivity index (χ1v) is 10.6. The highest BCUT2D eigenvalue weighted by molar-refractivity contribution is 7.99. The molecule has 2 heterocycles. The van der Waals surface area contributed by atoms with E-state index in [0.717, 1.165) is 22.7 Å². The third-order valence-electron chi connectivity index (χ3n) is 4.74. The van der Waals surface area contributed by atoms with Crippen molar-refractivity contribution < 1.29 is 9.53 Å². The molecule has 1 amide bonds. The molecular formula is C23H21N5O2S. The van der Waals surface area contributed by atoms with E-state index in [1.807, 2.05) is 71.3 Å². The third-order valence-corrected chi connectivity index (χ3v) is 5.66. The van der Waals surface area contributed by atoms with Gasteiger partial charge in [-0.25, -0.2) is 0 Å². The highest BCUT2D eigenvalue weighted by Gasteiger charge is 2.19. The lowest BCUT2D eigenvalue weighted by atomic mass is 10.2. The molecule has 7 nitrogen and oxygen atoms in total. The molecule has 2 aromatic heterocycles. The molecule has 0 bridgehead atoms. The zero-order valence-electron chi connectivity index (χ0n) is 17.2. The number of anilines is 1. The number of rotatable bonds is 7. The molecular weight excluding hydrogens is 410 g/mol. The molecule has 0 aliphatic carbocycles. The van der Waals surface area contributed by atoms with Gasteiger partial charge in [-0.1, -0.05) is 30.0 Å². The van der Waals surface area contributed by atoms with Crippen LogP contribution in [0, 0.1) is 0 Å². The van der Waals surface area contributed by atoms with Crippen LogP contribution in [0.3, 0.4) is 0 Å². The Kier molecular flexibility index (Phi) is 6.28. The van der Waals surface area contributed by atoms with Crippen LogP contribution in [0.4, 0.5) is 5.69 Å². The molecule has 2 aromatic carbocycles. The summed E-state index contributed by atoms with van der Waals surface area (Å²) < 4.78 is 7.21. The van der Waals surface area contributed by atoms with Gasteiger partial charge in [-0.2, -0.15) is 0 Å². The Balaban J connectivity index is 1.63. The van der Waals surface area contributed by atoms with Crippen LogP contribution >= 0.6 is 11.8 Å². The summed E-state index contributed by atoms with van der Waals surface area (Å²) in [4.78, 5) is 18.5. The highest BCUT2D eigenvalue weighted by atomic mass is 32.2. The van der Waals surface area contributed by atoms with E-state index in [0.29, 0.717) is 11.0 Å². The first-order chi connectivity index (χ1) is 15.2. The van der Waals surface area contributed by atoms with Gasteiger partial charge in [0.2, 0.25) is 5.91 Å². The maximum atomic E-state index is 12.7. The van der Waals surface area contributed by atoms with Crippen LogP contribution in [-0.2, 0) is 4.79 Å². The topological polar surface area (TPSA) is 73.1 Å². The molecule has 4 aromatic rings. The molecule has 8 heteroatoms. The molecule has 0 unspecified atom stereocenters. The van der Waals surface area contributed by atoms with Crippen molar-refractivity contribution in [3.8, 4) is 22.8 Å². The van der Waals surface area contributed by atoms with Gasteiger partial charge in [0.1, 0.15) is 5.75 Å². The molecule has 0 atom stereocenters. The normalized spacial score (nSPS) is 10.6. The molecule has 0 aliphatic rings. The maximum Gasteiger partial charge on any atom is 0.237 e. The second-order valence-electron chi connectivity index (χ2n) is 6.65. The van der Waals surface area contributed by atoms with Gasteiger partial charge in [0, 0.05) is 36.4 Å². The summed E-state index contributed by atoms with van der Waals surface area (Å²) in [6.07, 6.45) is 3.43. The molecule has 0 radical (unpaired) electrons. The van der Waals surface area contributed by atoms with Crippen LogP contribution in [0.5, 0.6) is 5.75 Å². The smallest absolute Gasteiger partial charge is 0.237 e. The minimum atomic E-state index is -0.0223. The Morgan fingerprint density at radius 2 is 1.71 bits per heavy atom. The number of carbonyl (C=O) groups excluding carboxylic acids is 1. The fraction of sp³-hybridized carbons (Fsp3) is 0.130. The van der Waals surface area contributed by atoms with Crippen LogP contribution in [0.1, 0.15) is 0 Å². The van der Waals surface area contributed by atoms with Crippen molar-refractivity contribution in [1.29, 1.82) is 0 Å². The lowest BCUT2D eigenvalue weighted by Gasteiger charge is -2.17. The van der Waals surface area contributed by atoms with E-state index in [1.54, 1.807) is 31.5 Å². The first-order valence-electron chi connectivity index (χ1n) is 9.62. The summed E-state index contributed by atoms with van der Waals surface area (Å²) in [7, 11) is 3.40. The minimum absolute atomic E-state index is 0.0223. The molecule has 0 saturated carbocycles. The van der Waals surface area contributed by atoms with Gasteiger partial charge in [0.25, 0.3) is 0 Å². The van der Waals surface area contributed by atoms with Crippen LogP contribution < -0.4 is 9.64 Å². The van der Waals surface area contributed by atoms with Gasteiger partial charge in [-0.05, 0) is 48.5 Å². The summed E-state index contributed by atoms with van der Waals surface area (Å²) >= 11 is 1.35. The van der Waals surface area contributed by atoms with Crippen molar-refractivity contribution in [2.24, 2.45) is 0 Å². The van der Waals surface area contributed by atoms with Gasteiger partial charge in [0.05, 0.1) is 12.9 Å². The van der Waals surface area contributed by atoms with Crippen LogP contribution in [0.15, 0.2) is 84.3 Å². The summed E-state index contributed by atoms with van der Waals surface area (Å²) in [6.45, 7) is 0. The molecule has 0 N–H and O–H groups in total. The highest BCUT2D eigenvalue weighted by Crippen LogP contribution is 2.29. The first kappa shape index (κ1) is 20.6. The second kappa shape index (κ2) is 9.44. The number of ether oxygens (including phenoxy) is 1. The maximum absolute atomic E-state index is 12.7. The number of hydrogen-bond acceptors (Lipinski definition) is 6. The fourth-order valence-electron chi connectivity index (χ4n) is 3.03. The summed E-state index contributed by atoms with van der Waals surface area (Å²) in [5, 5.41) is 9.39. The number of aromatic nitrogens is 4. The number of para-hydroxylation sites is 1. The van der Waals surface area contributed by atoms with Crippen LogP contribution in [0.25, 0.3) is 17.1 Å². The monoisotopic (exact) mass is 431 g/mol. The number of carbonyl (C=O) groups is 1. The number of methoxy groups -OCH3 is 1.